The molecule has 1 saturated carbocycles. The van der Waals surface area contributed by atoms with Gasteiger partial charge in [-0.3, -0.25) is 0 Å². The van der Waals surface area contributed by atoms with Crippen LogP contribution in [0.3, 0.4) is 0 Å². The topological polar surface area (TPSA) is 0 Å². The number of hydrogen-bond acceptors (Lipinski definition) is 1. The maximum absolute atomic E-state index is 2.31. The molecular weight excluding hydrogens is 236 g/mol. The zero-order valence-electron chi connectivity index (χ0n) is 11.0. The first kappa shape index (κ1) is 11.0. The van der Waals surface area contributed by atoms with Gasteiger partial charge in [-0.1, -0.05) is 25.0 Å². The van der Waals surface area contributed by atoms with E-state index in [4.69, 9.17) is 0 Å². The van der Waals surface area contributed by atoms with Crippen LogP contribution in [0.1, 0.15) is 41.7 Å². The zero-order chi connectivity index (χ0) is 12.1. The van der Waals surface area contributed by atoms with Gasteiger partial charge in [0, 0.05) is 9.58 Å². The Morgan fingerprint density at radius 3 is 2.67 bits per heavy atom. The van der Waals surface area contributed by atoms with E-state index in [1.54, 1.807) is 15.8 Å². The van der Waals surface area contributed by atoms with Gasteiger partial charge in [0.1, 0.15) is 0 Å². The molecule has 2 aromatic rings. The third-order valence-corrected chi connectivity index (χ3v) is 6.31. The SMILES string of the molecule is Cc1cccc2sc3c(c12)CC1CCCCC1C3. The molecule has 0 nitrogen and oxygen atoms in total. The molecule has 18 heavy (non-hydrogen) atoms. The summed E-state index contributed by atoms with van der Waals surface area (Å²) in [4.78, 5) is 1.71. The van der Waals surface area contributed by atoms with Crippen molar-refractivity contribution in [2.75, 3.05) is 0 Å². The summed E-state index contributed by atoms with van der Waals surface area (Å²) in [5.41, 5.74) is 3.20. The minimum absolute atomic E-state index is 0.989. The molecule has 2 aliphatic rings. The van der Waals surface area contributed by atoms with Crippen LogP contribution in [0.15, 0.2) is 18.2 Å². The molecule has 1 aromatic carbocycles. The Labute approximate surface area is 113 Å². The van der Waals surface area contributed by atoms with Crippen LogP contribution in [0.2, 0.25) is 0 Å². The minimum Gasteiger partial charge on any atom is -0.140 e. The van der Waals surface area contributed by atoms with E-state index in [2.05, 4.69) is 36.5 Å². The molecule has 4 rings (SSSR count). The first-order valence-corrected chi connectivity index (χ1v) is 8.14. The minimum atomic E-state index is 0.989. The Hall–Kier alpha value is -0.820. The van der Waals surface area contributed by atoms with Crippen LogP contribution in [-0.4, -0.2) is 0 Å². The second-order valence-electron chi connectivity index (χ2n) is 6.16. The van der Waals surface area contributed by atoms with E-state index in [9.17, 15) is 0 Å². The fourth-order valence-corrected chi connectivity index (χ4v) is 5.55. The van der Waals surface area contributed by atoms with Crippen LogP contribution < -0.4 is 0 Å². The molecule has 2 aliphatic carbocycles. The Balaban J connectivity index is 1.86. The molecule has 1 heterocycles. The van der Waals surface area contributed by atoms with Crippen LogP contribution in [0.25, 0.3) is 10.1 Å². The van der Waals surface area contributed by atoms with Crippen LogP contribution in [0.4, 0.5) is 0 Å². The highest BCUT2D eigenvalue weighted by atomic mass is 32.1. The maximum Gasteiger partial charge on any atom is 0.0351 e. The van der Waals surface area contributed by atoms with Gasteiger partial charge in [-0.15, -0.1) is 11.3 Å². The van der Waals surface area contributed by atoms with Gasteiger partial charge in [-0.05, 0) is 67.0 Å². The molecule has 2 atom stereocenters. The molecule has 0 spiro atoms. The third-order valence-electron chi connectivity index (χ3n) is 5.09. The lowest BCUT2D eigenvalue weighted by atomic mass is 9.70. The smallest absolute Gasteiger partial charge is 0.0351 e. The van der Waals surface area contributed by atoms with Gasteiger partial charge in [-0.25, -0.2) is 0 Å². The standard InChI is InChI=1S/C17H20S/c1-11-5-4-8-15-17(11)14-9-12-6-2-3-7-13(12)10-16(14)18-15/h4-5,8,12-13H,2-3,6-7,9-10H2,1H3. The molecule has 1 heteroatoms. The Bertz CT molecular complexity index is 593. The van der Waals surface area contributed by atoms with Crippen molar-refractivity contribution in [1.29, 1.82) is 0 Å². The summed E-state index contributed by atoms with van der Waals surface area (Å²) in [6.07, 6.45) is 8.65. The molecule has 2 unspecified atom stereocenters. The van der Waals surface area contributed by atoms with Crippen molar-refractivity contribution in [3.63, 3.8) is 0 Å². The summed E-state index contributed by atoms with van der Waals surface area (Å²) in [6.45, 7) is 2.28. The summed E-state index contributed by atoms with van der Waals surface area (Å²) >= 11 is 2.07. The van der Waals surface area contributed by atoms with Crippen molar-refractivity contribution >= 4 is 21.4 Å². The fourth-order valence-electron chi connectivity index (χ4n) is 4.15. The summed E-state index contributed by atoms with van der Waals surface area (Å²) in [5.74, 6) is 1.99. The molecular formula is C17H20S. The number of thiophene rings is 1. The highest BCUT2D eigenvalue weighted by Crippen LogP contribution is 2.45. The van der Waals surface area contributed by atoms with Crippen LogP contribution in [-0.2, 0) is 12.8 Å². The molecule has 1 fully saturated rings. The van der Waals surface area contributed by atoms with Gasteiger partial charge in [-0.2, -0.15) is 0 Å². The van der Waals surface area contributed by atoms with E-state index < -0.39 is 0 Å². The molecule has 0 saturated heterocycles. The largest absolute Gasteiger partial charge is 0.140 e. The van der Waals surface area contributed by atoms with Gasteiger partial charge in [0.15, 0.2) is 0 Å². The van der Waals surface area contributed by atoms with Gasteiger partial charge in [0.25, 0.3) is 0 Å². The van der Waals surface area contributed by atoms with Crippen LogP contribution >= 0.6 is 11.3 Å². The van der Waals surface area contributed by atoms with E-state index in [-0.39, 0.29) is 0 Å². The second kappa shape index (κ2) is 4.09. The predicted molar refractivity (Wildman–Crippen MR) is 79.4 cm³/mol. The molecule has 94 valence electrons. The number of aryl methyl sites for hydroxylation is 1. The monoisotopic (exact) mass is 256 g/mol. The van der Waals surface area contributed by atoms with Crippen LogP contribution in [0.5, 0.6) is 0 Å². The number of benzene rings is 1. The van der Waals surface area contributed by atoms with E-state index in [0.29, 0.717) is 0 Å². The Morgan fingerprint density at radius 1 is 1.06 bits per heavy atom. The normalized spacial score (nSPS) is 26.9. The van der Waals surface area contributed by atoms with Gasteiger partial charge in [0.05, 0.1) is 0 Å². The molecule has 0 radical (unpaired) electrons. The number of fused-ring (bicyclic) bond motifs is 4. The highest BCUT2D eigenvalue weighted by molar-refractivity contribution is 7.19. The van der Waals surface area contributed by atoms with E-state index in [1.165, 1.54) is 48.8 Å². The van der Waals surface area contributed by atoms with Crippen molar-refractivity contribution < 1.29 is 0 Å². The average Bonchev–Trinajstić information content (AvgIpc) is 2.74. The maximum atomic E-state index is 2.31. The number of hydrogen-bond donors (Lipinski definition) is 0. The molecule has 0 amide bonds. The zero-order valence-corrected chi connectivity index (χ0v) is 11.9. The van der Waals surface area contributed by atoms with Crippen LogP contribution in [0, 0.1) is 18.8 Å². The first-order valence-electron chi connectivity index (χ1n) is 7.33. The Morgan fingerprint density at radius 2 is 1.83 bits per heavy atom. The van der Waals surface area contributed by atoms with Gasteiger partial charge in [0.2, 0.25) is 0 Å². The van der Waals surface area contributed by atoms with E-state index >= 15 is 0 Å². The number of rotatable bonds is 0. The van der Waals surface area contributed by atoms with Crippen molar-refractivity contribution in [3.8, 4) is 0 Å². The summed E-state index contributed by atoms with van der Waals surface area (Å²) < 4.78 is 1.53. The van der Waals surface area contributed by atoms with Crippen molar-refractivity contribution in [1.82, 2.24) is 0 Å². The van der Waals surface area contributed by atoms with Crippen molar-refractivity contribution in [3.05, 3.63) is 34.2 Å². The lowest BCUT2D eigenvalue weighted by Crippen LogP contribution is -2.27. The Kier molecular flexibility index (Phi) is 2.51. The quantitative estimate of drug-likeness (QED) is 0.614. The van der Waals surface area contributed by atoms with Crippen molar-refractivity contribution in [2.45, 2.75) is 45.4 Å². The summed E-state index contributed by atoms with van der Waals surface area (Å²) in [7, 11) is 0. The lowest BCUT2D eigenvalue weighted by molar-refractivity contribution is 0.223. The van der Waals surface area contributed by atoms with Gasteiger partial charge < -0.3 is 0 Å². The van der Waals surface area contributed by atoms with Crippen molar-refractivity contribution in [2.24, 2.45) is 11.8 Å². The third kappa shape index (κ3) is 1.56. The molecule has 0 bridgehead atoms. The van der Waals surface area contributed by atoms with Gasteiger partial charge >= 0.3 is 0 Å². The average molecular weight is 256 g/mol. The lowest BCUT2D eigenvalue weighted by Gasteiger charge is -2.35. The van der Waals surface area contributed by atoms with E-state index in [0.717, 1.165) is 11.8 Å². The molecule has 0 N–H and O–H groups in total. The molecule has 0 aliphatic heterocycles. The van der Waals surface area contributed by atoms with E-state index in [1.807, 2.05) is 0 Å². The predicted octanol–water partition coefficient (Wildman–Crippen LogP) is 5.11. The molecule has 1 aromatic heterocycles. The first-order chi connectivity index (χ1) is 8.83. The fraction of sp³-hybridized carbons (Fsp3) is 0.529. The highest BCUT2D eigenvalue weighted by Gasteiger charge is 2.32. The second-order valence-corrected chi connectivity index (χ2v) is 7.30. The summed E-state index contributed by atoms with van der Waals surface area (Å²) in [6, 6.07) is 6.81. The summed E-state index contributed by atoms with van der Waals surface area (Å²) in [5, 5.41) is 1.60.